The van der Waals surface area contributed by atoms with E-state index in [0.717, 1.165) is 4.68 Å². The van der Waals surface area contributed by atoms with E-state index in [1.54, 1.807) is 24.3 Å². The summed E-state index contributed by atoms with van der Waals surface area (Å²) in [6.07, 6.45) is 1.69. The highest BCUT2D eigenvalue weighted by Crippen LogP contribution is 2.36. The second-order valence-electron chi connectivity index (χ2n) is 7.73. The highest BCUT2D eigenvalue weighted by Gasteiger charge is 2.21. The Morgan fingerprint density at radius 2 is 1.92 bits per heavy atom. The monoisotopic (exact) mass is 585 g/mol. The highest BCUT2D eigenvalue weighted by molar-refractivity contribution is 9.10. The molecule has 0 unspecified atom stereocenters. The number of hydrogen-bond acceptors (Lipinski definition) is 8. The van der Waals surface area contributed by atoms with Crippen LogP contribution >= 0.6 is 27.5 Å². The molecule has 3 aromatic carbocycles. The van der Waals surface area contributed by atoms with Crippen LogP contribution in [0.4, 0.5) is 11.4 Å². The van der Waals surface area contributed by atoms with Crippen molar-refractivity contribution in [2.75, 3.05) is 0 Å². The van der Waals surface area contributed by atoms with Crippen molar-refractivity contribution in [1.29, 1.82) is 0 Å². The Morgan fingerprint density at radius 3 is 2.62 bits per heavy atom. The molecule has 4 aromatic rings. The number of benzene rings is 3. The number of nitrogens with zero attached hydrogens (tertiary/aromatic N) is 5. The number of rotatable bonds is 8. The van der Waals surface area contributed by atoms with Gasteiger partial charge in [-0.15, -0.1) is 0 Å². The molecular weight excluding hydrogens is 570 g/mol. The predicted octanol–water partition coefficient (Wildman–Crippen LogP) is 5.65. The molecule has 188 valence electrons. The second-order valence-corrected chi connectivity index (χ2v) is 9.05. The van der Waals surface area contributed by atoms with Gasteiger partial charge in [0.2, 0.25) is 5.75 Å². The zero-order chi connectivity index (χ0) is 26.7. The van der Waals surface area contributed by atoms with E-state index < -0.39 is 21.1 Å². The van der Waals surface area contributed by atoms with E-state index in [0.29, 0.717) is 33.2 Å². The molecule has 0 saturated carbocycles. The van der Waals surface area contributed by atoms with Crippen LogP contribution in [0.2, 0.25) is 5.02 Å². The molecule has 0 atom stereocenters. The Bertz CT molecular complexity index is 1640. The fraction of sp³-hybridized carbons (Fsp3) is 0.125. The van der Waals surface area contributed by atoms with Crippen LogP contribution in [0, 0.1) is 20.2 Å². The van der Waals surface area contributed by atoms with Gasteiger partial charge in [-0.2, -0.15) is 9.78 Å². The first-order valence-electron chi connectivity index (χ1n) is 10.8. The van der Waals surface area contributed by atoms with Crippen molar-refractivity contribution < 1.29 is 14.6 Å². The van der Waals surface area contributed by atoms with E-state index in [-0.39, 0.29) is 28.6 Å². The number of ether oxygens (including phenoxy) is 1. The van der Waals surface area contributed by atoms with Gasteiger partial charge in [-0.3, -0.25) is 25.0 Å². The Morgan fingerprint density at radius 1 is 1.14 bits per heavy atom. The Balaban J connectivity index is 1.68. The molecule has 37 heavy (non-hydrogen) atoms. The van der Waals surface area contributed by atoms with Gasteiger partial charge in [0.05, 0.1) is 32.0 Å². The van der Waals surface area contributed by atoms with Crippen LogP contribution in [-0.4, -0.2) is 25.7 Å². The fourth-order valence-corrected chi connectivity index (χ4v) is 4.17. The molecule has 0 aliphatic carbocycles. The standard InChI is InChI=1S/C24H17BrClN5O6/c1-2-22-28-20-7-6-16(25)11-18(20)24(32)29(22)27-12-15-9-19(26)23(21(10-15)31(35)36)37-13-14-4-3-5-17(8-14)30(33)34/h3-12H,2,13H2,1H3. The smallest absolute Gasteiger partial charge is 0.313 e. The van der Waals surface area contributed by atoms with Crippen molar-refractivity contribution in [2.24, 2.45) is 5.10 Å². The zero-order valence-corrected chi connectivity index (χ0v) is 21.5. The van der Waals surface area contributed by atoms with Gasteiger partial charge in [0.25, 0.3) is 11.2 Å². The van der Waals surface area contributed by atoms with Crippen molar-refractivity contribution in [3.63, 3.8) is 0 Å². The molecule has 1 heterocycles. The van der Waals surface area contributed by atoms with Crippen LogP contribution in [0.15, 0.2) is 69.0 Å². The van der Waals surface area contributed by atoms with Crippen LogP contribution in [0.25, 0.3) is 10.9 Å². The third-order valence-electron chi connectivity index (χ3n) is 5.26. The van der Waals surface area contributed by atoms with E-state index in [9.17, 15) is 25.0 Å². The maximum atomic E-state index is 13.1. The summed E-state index contributed by atoms with van der Waals surface area (Å²) < 4.78 is 7.42. The molecule has 11 nitrogen and oxygen atoms in total. The van der Waals surface area contributed by atoms with Gasteiger partial charge in [-0.1, -0.05) is 46.6 Å². The lowest BCUT2D eigenvalue weighted by Gasteiger charge is -2.10. The van der Waals surface area contributed by atoms with E-state index in [1.165, 1.54) is 36.5 Å². The molecule has 0 aliphatic rings. The van der Waals surface area contributed by atoms with Gasteiger partial charge >= 0.3 is 5.69 Å². The lowest BCUT2D eigenvalue weighted by atomic mass is 10.2. The first-order valence-corrected chi connectivity index (χ1v) is 11.9. The molecule has 0 fully saturated rings. The molecule has 0 radical (unpaired) electrons. The minimum absolute atomic E-state index is 0.0651. The topological polar surface area (TPSA) is 143 Å². The zero-order valence-electron chi connectivity index (χ0n) is 19.1. The lowest BCUT2D eigenvalue weighted by Crippen LogP contribution is -2.22. The van der Waals surface area contributed by atoms with Crippen LogP contribution in [0.1, 0.15) is 23.9 Å². The molecule has 0 spiro atoms. The Kier molecular flexibility index (Phi) is 7.60. The van der Waals surface area contributed by atoms with Crippen LogP contribution in [0.5, 0.6) is 5.75 Å². The van der Waals surface area contributed by atoms with Crippen LogP contribution < -0.4 is 10.3 Å². The van der Waals surface area contributed by atoms with E-state index in [2.05, 4.69) is 26.0 Å². The quantitative estimate of drug-likeness (QED) is 0.147. The molecule has 0 aliphatic heterocycles. The van der Waals surface area contributed by atoms with Crippen LogP contribution in [0.3, 0.4) is 0 Å². The van der Waals surface area contributed by atoms with Gasteiger partial charge < -0.3 is 4.74 Å². The molecule has 0 N–H and O–H groups in total. The number of nitro groups is 2. The minimum atomic E-state index is -0.662. The summed E-state index contributed by atoms with van der Waals surface area (Å²) in [5, 5.41) is 27.3. The average molecular weight is 587 g/mol. The fourth-order valence-electron chi connectivity index (χ4n) is 3.53. The number of halogens is 2. The summed E-state index contributed by atoms with van der Waals surface area (Å²) in [5.41, 5.74) is 0.264. The number of fused-ring (bicyclic) bond motifs is 1. The number of aromatic nitrogens is 2. The number of aryl methyl sites for hydroxylation is 1. The molecule has 0 bridgehead atoms. The molecule has 1 aromatic heterocycles. The SMILES string of the molecule is CCc1nc2ccc(Br)cc2c(=O)n1N=Cc1cc(Cl)c(OCc2cccc([N+](=O)[O-])c2)c([N+](=O)[O-])c1. The first kappa shape index (κ1) is 25.9. The summed E-state index contributed by atoms with van der Waals surface area (Å²) in [7, 11) is 0. The molecule has 0 amide bonds. The number of hydrogen-bond donors (Lipinski definition) is 0. The normalized spacial score (nSPS) is 11.2. The maximum absolute atomic E-state index is 13.1. The van der Waals surface area contributed by atoms with Crippen LogP contribution in [-0.2, 0) is 13.0 Å². The number of nitro benzene ring substituents is 2. The summed E-state index contributed by atoms with van der Waals surface area (Å²) in [5.74, 6) is 0.215. The highest BCUT2D eigenvalue weighted by atomic mass is 79.9. The van der Waals surface area contributed by atoms with Crippen molar-refractivity contribution in [3.8, 4) is 5.75 Å². The van der Waals surface area contributed by atoms with Crippen molar-refractivity contribution in [2.45, 2.75) is 20.0 Å². The van der Waals surface area contributed by atoms with Crippen molar-refractivity contribution in [3.05, 3.63) is 112 Å². The average Bonchev–Trinajstić information content (AvgIpc) is 2.87. The van der Waals surface area contributed by atoms with E-state index in [1.807, 2.05) is 6.92 Å². The largest absolute Gasteiger partial charge is 0.481 e. The maximum Gasteiger partial charge on any atom is 0.313 e. The molecular formula is C24H17BrClN5O6. The molecule has 4 rings (SSSR count). The van der Waals surface area contributed by atoms with Gasteiger partial charge in [0, 0.05) is 34.7 Å². The lowest BCUT2D eigenvalue weighted by molar-refractivity contribution is -0.385. The van der Waals surface area contributed by atoms with E-state index in [4.69, 9.17) is 16.3 Å². The summed E-state index contributed by atoms with van der Waals surface area (Å²) in [6, 6.07) is 13.5. The van der Waals surface area contributed by atoms with Gasteiger partial charge in [-0.25, -0.2) is 4.98 Å². The minimum Gasteiger partial charge on any atom is -0.481 e. The Labute approximate surface area is 222 Å². The summed E-state index contributed by atoms with van der Waals surface area (Å²) in [4.78, 5) is 39.1. The van der Waals surface area contributed by atoms with Crippen molar-refractivity contribution in [1.82, 2.24) is 9.66 Å². The van der Waals surface area contributed by atoms with Gasteiger partial charge in [-0.05, 0) is 29.8 Å². The Hall–Kier alpha value is -4.16. The summed E-state index contributed by atoms with van der Waals surface area (Å²) in [6.45, 7) is 1.65. The third kappa shape index (κ3) is 5.65. The first-order chi connectivity index (χ1) is 17.7. The number of non-ortho nitro benzene ring substituents is 1. The summed E-state index contributed by atoms with van der Waals surface area (Å²) >= 11 is 9.65. The van der Waals surface area contributed by atoms with E-state index >= 15 is 0 Å². The predicted molar refractivity (Wildman–Crippen MR) is 142 cm³/mol. The third-order valence-corrected chi connectivity index (χ3v) is 6.04. The van der Waals surface area contributed by atoms with Gasteiger partial charge in [0.1, 0.15) is 12.4 Å². The second kappa shape index (κ2) is 10.8. The van der Waals surface area contributed by atoms with Gasteiger partial charge in [0.15, 0.2) is 0 Å². The molecule has 0 saturated heterocycles. The van der Waals surface area contributed by atoms with Crippen molar-refractivity contribution >= 4 is 56.0 Å². The molecule has 13 heteroatoms.